The van der Waals surface area contributed by atoms with Gasteiger partial charge in [0.2, 0.25) is 5.78 Å². The van der Waals surface area contributed by atoms with Crippen LogP contribution in [0.3, 0.4) is 0 Å². The van der Waals surface area contributed by atoms with Gasteiger partial charge in [-0.05, 0) is 33.1 Å². The highest BCUT2D eigenvalue weighted by Gasteiger charge is 2.38. The summed E-state index contributed by atoms with van der Waals surface area (Å²) in [5, 5.41) is 9.74. The predicted octanol–water partition coefficient (Wildman–Crippen LogP) is 2.01. The molecule has 0 aromatic carbocycles. The monoisotopic (exact) mass is 307 g/mol. The molecule has 1 heterocycles. The summed E-state index contributed by atoms with van der Waals surface area (Å²) in [6.45, 7) is 6.32. The molecule has 0 bridgehead atoms. The Hall–Kier alpha value is -2.11. The second kappa shape index (κ2) is 5.94. The van der Waals surface area contributed by atoms with Crippen molar-refractivity contribution >= 4 is 18.2 Å². The van der Waals surface area contributed by atoms with Crippen molar-refractivity contribution in [3.63, 3.8) is 0 Å². The Bertz CT molecular complexity index is 555. The lowest BCUT2D eigenvalue weighted by Gasteiger charge is -2.25. The first-order valence-electron chi connectivity index (χ1n) is 7.31. The third kappa shape index (κ3) is 3.37. The first kappa shape index (κ1) is 16.3. The number of rotatable bonds is 2. The number of aldehydes is 1. The van der Waals surface area contributed by atoms with Crippen molar-refractivity contribution in [1.82, 2.24) is 4.90 Å². The van der Waals surface area contributed by atoms with Gasteiger partial charge in [0.25, 0.3) is 0 Å². The first-order chi connectivity index (χ1) is 10.2. The van der Waals surface area contributed by atoms with Gasteiger partial charge in [-0.3, -0.25) is 9.59 Å². The van der Waals surface area contributed by atoms with Gasteiger partial charge in [0.15, 0.2) is 12.0 Å². The zero-order chi connectivity index (χ0) is 16.5. The Balaban J connectivity index is 2.01. The summed E-state index contributed by atoms with van der Waals surface area (Å²) in [6, 6.07) is 0. The Labute approximate surface area is 129 Å². The van der Waals surface area contributed by atoms with Crippen LogP contribution < -0.4 is 0 Å². The van der Waals surface area contributed by atoms with Crippen molar-refractivity contribution in [2.24, 2.45) is 11.8 Å². The van der Waals surface area contributed by atoms with E-state index in [1.165, 1.54) is 6.08 Å². The number of amides is 1. The minimum absolute atomic E-state index is 0.00300. The molecule has 1 unspecified atom stereocenters. The maximum absolute atomic E-state index is 12.1. The molecule has 2 atom stereocenters. The molecule has 120 valence electrons. The summed E-state index contributed by atoms with van der Waals surface area (Å²) in [5.74, 6) is -1.53. The molecule has 0 aromatic rings. The van der Waals surface area contributed by atoms with E-state index in [4.69, 9.17) is 4.74 Å². The van der Waals surface area contributed by atoms with Crippen molar-refractivity contribution in [2.45, 2.75) is 32.8 Å². The SMILES string of the molecule is CC(C)(C)OC(=O)N1CC[C@@H](C2C=CC(C=O)=C(O)C2=O)C1. The average molecular weight is 307 g/mol. The number of ketones is 1. The zero-order valence-electron chi connectivity index (χ0n) is 13.0. The molecule has 1 aliphatic heterocycles. The molecule has 6 heteroatoms. The summed E-state index contributed by atoms with van der Waals surface area (Å²) >= 11 is 0. The van der Waals surface area contributed by atoms with Crippen LogP contribution in [0.25, 0.3) is 0 Å². The summed E-state index contributed by atoms with van der Waals surface area (Å²) in [6.07, 6.45) is 3.82. The van der Waals surface area contributed by atoms with E-state index in [1.807, 2.05) is 0 Å². The van der Waals surface area contributed by atoms with Crippen molar-refractivity contribution in [2.75, 3.05) is 13.1 Å². The van der Waals surface area contributed by atoms with Crippen LogP contribution in [0.15, 0.2) is 23.5 Å². The van der Waals surface area contributed by atoms with E-state index in [0.29, 0.717) is 25.8 Å². The number of ether oxygens (including phenoxy) is 1. The number of carbonyl (C=O) groups is 3. The van der Waals surface area contributed by atoms with Gasteiger partial charge in [-0.15, -0.1) is 0 Å². The highest BCUT2D eigenvalue weighted by molar-refractivity contribution is 6.03. The van der Waals surface area contributed by atoms with Crippen LogP contribution in [0.4, 0.5) is 4.79 Å². The van der Waals surface area contributed by atoms with Crippen LogP contribution >= 0.6 is 0 Å². The smallest absolute Gasteiger partial charge is 0.410 e. The molecule has 1 amide bonds. The number of carbonyl (C=O) groups excluding carboxylic acids is 3. The Morgan fingerprint density at radius 3 is 2.73 bits per heavy atom. The second-order valence-corrected chi connectivity index (χ2v) is 6.65. The summed E-state index contributed by atoms with van der Waals surface area (Å²) in [4.78, 5) is 36.5. The van der Waals surface area contributed by atoms with Gasteiger partial charge in [0.05, 0.1) is 5.57 Å². The number of hydrogen-bond donors (Lipinski definition) is 1. The van der Waals surface area contributed by atoms with Crippen LogP contribution in [0.2, 0.25) is 0 Å². The van der Waals surface area contributed by atoms with Crippen molar-refractivity contribution in [3.8, 4) is 0 Å². The number of Topliss-reactive ketones (excluding diaryl/α,β-unsaturated/α-hetero) is 1. The fourth-order valence-corrected chi connectivity index (χ4v) is 2.71. The standard InChI is InChI=1S/C16H21NO5/c1-16(2,3)22-15(21)17-7-6-10(8-17)12-5-4-11(9-18)13(19)14(12)20/h4-5,9-10,12,19H,6-8H2,1-3H3/t10-,12?/m1/s1. The zero-order valence-corrected chi connectivity index (χ0v) is 13.0. The minimum Gasteiger partial charge on any atom is -0.504 e. The molecule has 0 spiro atoms. The van der Waals surface area contributed by atoms with Crippen LogP contribution in [0, 0.1) is 11.8 Å². The largest absolute Gasteiger partial charge is 0.504 e. The van der Waals surface area contributed by atoms with E-state index in [1.54, 1.807) is 31.7 Å². The maximum Gasteiger partial charge on any atom is 0.410 e. The number of likely N-dealkylation sites (tertiary alicyclic amines) is 1. The first-order valence-corrected chi connectivity index (χ1v) is 7.31. The van der Waals surface area contributed by atoms with Gasteiger partial charge >= 0.3 is 6.09 Å². The molecule has 22 heavy (non-hydrogen) atoms. The quantitative estimate of drug-likeness (QED) is 0.789. The normalized spacial score (nSPS) is 25.6. The van der Waals surface area contributed by atoms with E-state index in [9.17, 15) is 19.5 Å². The number of allylic oxidation sites excluding steroid dienone is 4. The molecule has 0 aromatic heterocycles. The summed E-state index contributed by atoms with van der Waals surface area (Å²) < 4.78 is 5.32. The van der Waals surface area contributed by atoms with Crippen molar-refractivity contribution in [3.05, 3.63) is 23.5 Å². The summed E-state index contributed by atoms with van der Waals surface area (Å²) in [5.41, 5.74) is -0.557. The molecule has 1 fully saturated rings. The van der Waals surface area contributed by atoms with Gasteiger partial charge in [0.1, 0.15) is 5.60 Å². The lowest BCUT2D eigenvalue weighted by Crippen LogP contribution is -2.36. The van der Waals surface area contributed by atoms with Crippen LogP contribution in [0.5, 0.6) is 0 Å². The number of nitrogens with zero attached hydrogens (tertiary/aromatic N) is 1. The minimum atomic E-state index is -0.560. The van der Waals surface area contributed by atoms with Gasteiger partial charge in [-0.2, -0.15) is 0 Å². The molecule has 1 saturated heterocycles. The van der Waals surface area contributed by atoms with Crippen LogP contribution in [-0.4, -0.2) is 46.9 Å². The van der Waals surface area contributed by atoms with Crippen LogP contribution in [-0.2, 0) is 14.3 Å². The fourth-order valence-electron chi connectivity index (χ4n) is 2.71. The fraction of sp³-hybridized carbons (Fsp3) is 0.562. The molecular weight excluding hydrogens is 286 g/mol. The number of aliphatic hydroxyl groups excluding tert-OH is 1. The molecular formula is C16H21NO5. The molecule has 0 radical (unpaired) electrons. The van der Waals surface area contributed by atoms with Crippen molar-refractivity contribution in [1.29, 1.82) is 0 Å². The highest BCUT2D eigenvalue weighted by atomic mass is 16.6. The van der Waals surface area contributed by atoms with E-state index in [2.05, 4.69) is 0 Å². The van der Waals surface area contributed by atoms with Crippen molar-refractivity contribution < 1.29 is 24.2 Å². The van der Waals surface area contributed by atoms with Gasteiger partial charge in [-0.25, -0.2) is 4.79 Å². The Morgan fingerprint density at radius 1 is 1.45 bits per heavy atom. The third-order valence-corrected chi connectivity index (χ3v) is 3.80. The third-order valence-electron chi connectivity index (χ3n) is 3.80. The highest BCUT2D eigenvalue weighted by Crippen LogP contribution is 2.31. The lowest BCUT2D eigenvalue weighted by atomic mass is 9.83. The van der Waals surface area contributed by atoms with E-state index in [0.717, 1.165) is 0 Å². The lowest BCUT2D eigenvalue weighted by molar-refractivity contribution is -0.122. The molecule has 2 rings (SSSR count). The van der Waals surface area contributed by atoms with Crippen LogP contribution in [0.1, 0.15) is 27.2 Å². The molecule has 6 nitrogen and oxygen atoms in total. The van der Waals surface area contributed by atoms with Gasteiger partial charge < -0.3 is 14.7 Å². The number of aliphatic hydroxyl groups is 1. The Morgan fingerprint density at radius 2 is 2.14 bits per heavy atom. The van der Waals surface area contributed by atoms with E-state index in [-0.39, 0.29) is 11.5 Å². The topological polar surface area (TPSA) is 83.9 Å². The van der Waals surface area contributed by atoms with E-state index < -0.39 is 29.2 Å². The average Bonchev–Trinajstić information content (AvgIpc) is 2.89. The second-order valence-electron chi connectivity index (χ2n) is 6.65. The molecule has 1 aliphatic carbocycles. The van der Waals surface area contributed by atoms with Gasteiger partial charge in [-0.1, -0.05) is 12.2 Å². The summed E-state index contributed by atoms with van der Waals surface area (Å²) in [7, 11) is 0. The molecule has 2 aliphatic rings. The predicted molar refractivity (Wildman–Crippen MR) is 79.3 cm³/mol. The maximum atomic E-state index is 12.1. The Kier molecular flexibility index (Phi) is 4.39. The molecule has 1 N–H and O–H groups in total. The van der Waals surface area contributed by atoms with Gasteiger partial charge in [0, 0.05) is 19.0 Å². The van der Waals surface area contributed by atoms with E-state index >= 15 is 0 Å². The number of hydrogen-bond acceptors (Lipinski definition) is 5. The molecule has 0 saturated carbocycles.